The predicted octanol–water partition coefficient (Wildman–Crippen LogP) is 1.93. The van der Waals surface area contributed by atoms with Crippen molar-refractivity contribution in [3.8, 4) is 11.6 Å². The van der Waals surface area contributed by atoms with E-state index in [4.69, 9.17) is 10.5 Å². The minimum absolute atomic E-state index is 0.271. The van der Waals surface area contributed by atoms with Gasteiger partial charge >= 0.3 is 0 Å². The number of hydrogen-bond donors (Lipinski definition) is 2. The highest BCUT2D eigenvalue weighted by Gasteiger charge is 2.11. The molecule has 0 aliphatic rings. The normalized spacial score (nSPS) is 10.8. The number of ether oxygens (including phenoxy) is 1. The molecule has 0 fully saturated rings. The molecule has 0 spiro atoms. The van der Waals surface area contributed by atoms with Crippen molar-refractivity contribution in [2.75, 3.05) is 40.0 Å². The molecule has 3 rings (SSSR count). The van der Waals surface area contributed by atoms with Crippen LogP contribution >= 0.6 is 0 Å². The Labute approximate surface area is 181 Å². The molecule has 0 atom stereocenters. The van der Waals surface area contributed by atoms with Crippen LogP contribution in [0.25, 0.3) is 10.9 Å². The Morgan fingerprint density at radius 2 is 2.06 bits per heavy atom. The first-order chi connectivity index (χ1) is 14.9. The largest absolute Gasteiger partial charge is 0.438 e. The average Bonchev–Trinajstić information content (AvgIpc) is 3.01. The molecular formula is C21H29N7O3. The molecule has 31 heavy (non-hydrogen) atoms. The summed E-state index contributed by atoms with van der Waals surface area (Å²) in [5.74, 6) is 1.26. The van der Waals surface area contributed by atoms with Crippen molar-refractivity contribution in [3.05, 3.63) is 41.9 Å². The van der Waals surface area contributed by atoms with Gasteiger partial charge in [-0.05, 0) is 45.3 Å². The Balaban J connectivity index is 0.000000366. The number of aryl methyl sites for hydroxylation is 2. The van der Waals surface area contributed by atoms with Gasteiger partial charge in [-0.25, -0.2) is 9.97 Å². The van der Waals surface area contributed by atoms with E-state index in [-0.39, 0.29) is 5.82 Å². The number of nitrogens with two attached hydrogens (primary N) is 1. The molecule has 0 aliphatic carbocycles. The van der Waals surface area contributed by atoms with E-state index in [1.165, 1.54) is 25.3 Å². The minimum Gasteiger partial charge on any atom is -0.438 e. The summed E-state index contributed by atoms with van der Waals surface area (Å²) >= 11 is 0. The lowest BCUT2D eigenvalue weighted by molar-refractivity contribution is -0.109. The fraction of sp³-hybridized carbons (Fsp3) is 0.333. The number of oxime groups is 1. The first-order valence-corrected chi connectivity index (χ1v) is 9.60. The van der Waals surface area contributed by atoms with Gasteiger partial charge < -0.3 is 30.1 Å². The first kappa shape index (κ1) is 23.6. The molecule has 1 aromatic carbocycles. The monoisotopic (exact) mass is 427 g/mol. The summed E-state index contributed by atoms with van der Waals surface area (Å²) in [6, 6.07) is 7.95. The Hall–Kier alpha value is -3.66. The lowest BCUT2D eigenvalue weighted by Crippen LogP contribution is -2.25. The maximum absolute atomic E-state index is 9.66. The number of nitrogens with zero attached hydrogens (tertiary/aromatic N) is 5. The number of nitrogen functional groups attached to an aromatic ring is 1. The lowest BCUT2D eigenvalue weighted by Gasteiger charge is -2.08. The van der Waals surface area contributed by atoms with E-state index in [1.54, 1.807) is 0 Å². The van der Waals surface area contributed by atoms with E-state index in [9.17, 15) is 4.79 Å². The second-order valence-corrected chi connectivity index (χ2v) is 6.94. The number of benzene rings is 1. The molecule has 166 valence electrons. The number of fused-ring (bicyclic) bond motifs is 1. The summed E-state index contributed by atoms with van der Waals surface area (Å²) in [5.41, 5.74) is 8.63. The number of likely N-dealkylation sites (N-methyl/N-ethyl adjacent to an activating group) is 1. The van der Waals surface area contributed by atoms with Crippen LogP contribution in [-0.2, 0) is 16.7 Å². The fourth-order valence-electron chi connectivity index (χ4n) is 2.69. The van der Waals surface area contributed by atoms with Gasteiger partial charge in [0.1, 0.15) is 30.6 Å². The first-order valence-electron chi connectivity index (χ1n) is 9.60. The summed E-state index contributed by atoms with van der Waals surface area (Å²) in [6.45, 7) is 3.69. The van der Waals surface area contributed by atoms with Gasteiger partial charge in [0, 0.05) is 36.7 Å². The molecule has 0 bridgehead atoms. The third-order valence-corrected chi connectivity index (χ3v) is 4.42. The molecule has 0 radical (unpaired) electrons. The third kappa shape index (κ3) is 6.68. The number of carbonyl (C=O) groups excluding carboxylic acids is 1. The predicted molar refractivity (Wildman–Crippen MR) is 121 cm³/mol. The van der Waals surface area contributed by atoms with Crippen molar-refractivity contribution in [1.82, 2.24) is 24.8 Å². The van der Waals surface area contributed by atoms with Gasteiger partial charge in [-0.1, -0.05) is 5.16 Å². The van der Waals surface area contributed by atoms with Crippen molar-refractivity contribution in [2.45, 2.75) is 6.92 Å². The van der Waals surface area contributed by atoms with Crippen molar-refractivity contribution in [1.29, 1.82) is 0 Å². The van der Waals surface area contributed by atoms with Crippen molar-refractivity contribution in [2.24, 2.45) is 12.2 Å². The van der Waals surface area contributed by atoms with E-state index in [0.717, 1.165) is 24.0 Å². The maximum Gasteiger partial charge on any atom is 0.233 e. The zero-order valence-corrected chi connectivity index (χ0v) is 18.5. The summed E-state index contributed by atoms with van der Waals surface area (Å²) in [5, 5.41) is 7.35. The number of nitrogens with one attached hydrogen (secondary N) is 1. The van der Waals surface area contributed by atoms with Crippen LogP contribution in [0.1, 0.15) is 11.3 Å². The minimum atomic E-state index is 0.271. The average molecular weight is 428 g/mol. The number of carbonyl (C=O) groups is 1. The molecule has 2 aromatic heterocycles. The van der Waals surface area contributed by atoms with E-state index in [1.807, 2.05) is 44.2 Å². The Bertz CT molecular complexity index is 1030. The van der Waals surface area contributed by atoms with Gasteiger partial charge in [0.25, 0.3) is 0 Å². The molecule has 3 aromatic rings. The van der Waals surface area contributed by atoms with Crippen LogP contribution in [0.4, 0.5) is 5.82 Å². The van der Waals surface area contributed by atoms with Crippen LogP contribution in [0.5, 0.6) is 11.6 Å². The quantitative estimate of drug-likeness (QED) is 0.244. The van der Waals surface area contributed by atoms with Gasteiger partial charge in [-0.3, -0.25) is 4.79 Å². The van der Waals surface area contributed by atoms with Gasteiger partial charge in [0.15, 0.2) is 0 Å². The molecule has 0 saturated heterocycles. The van der Waals surface area contributed by atoms with E-state index >= 15 is 0 Å². The third-order valence-electron chi connectivity index (χ3n) is 4.42. The zero-order valence-electron chi connectivity index (χ0n) is 18.5. The number of rotatable bonds is 8. The number of hydrogen-bond acceptors (Lipinski definition) is 8. The molecule has 10 heteroatoms. The smallest absolute Gasteiger partial charge is 0.233 e. The van der Waals surface area contributed by atoms with Gasteiger partial charge in [-0.15, -0.1) is 0 Å². The van der Waals surface area contributed by atoms with Crippen molar-refractivity contribution < 1.29 is 14.4 Å². The fourth-order valence-corrected chi connectivity index (χ4v) is 2.69. The van der Waals surface area contributed by atoms with Gasteiger partial charge in [-0.2, -0.15) is 0 Å². The Kier molecular flexibility index (Phi) is 8.77. The number of amides is 1. The highest BCUT2D eigenvalue weighted by Crippen LogP contribution is 2.28. The molecular weight excluding hydrogens is 398 g/mol. The molecule has 2 heterocycles. The molecule has 0 saturated carbocycles. The van der Waals surface area contributed by atoms with Crippen LogP contribution in [0, 0.1) is 6.92 Å². The maximum atomic E-state index is 9.66. The SMILES string of the molecule is CN(C)CCNC=O.CO/N=C/c1c(N)ncnc1Oc1ccc2c(c1)cc(C)n2C. The summed E-state index contributed by atoms with van der Waals surface area (Å²) in [6.07, 6.45) is 3.49. The Morgan fingerprint density at radius 1 is 1.29 bits per heavy atom. The van der Waals surface area contributed by atoms with E-state index in [0.29, 0.717) is 23.6 Å². The molecule has 0 unspecified atom stereocenters. The van der Waals surface area contributed by atoms with Crippen molar-refractivity contribution >= 4 is 29.3 Å². The standard InChI is InChI=1S/C16H17N5O2.C5H12N2O/c1-10-6-11-7-12(4-5-14(11)21(10)2)23-16-13(8-20-22-3)15(17)18-9-19-16;1-7(2)4-3-6-5-8/h4-9H,1-3H3,(H2,17,18,19);5H,3-4H2,1-2H3,(H,6,8)/b20-8+;. The highest BCUT2D eigenvalue weighted by atomic mass is 16.6. The van der Waals surface area contributed by atoms with Crippen LogP contribution in [0.2, 0.25) is 0 Å². The molecule has 0 aliphatic heterocycles. The van der Waals surface area contributed by atoms with Crippen LogP contribution in [0.15, 0.2) is 35.7 Å². The summed E-state index contributed by atoms with van der Waals surface area (Å²) in [7, 11) is 7.41. The Morgan fingerprint density at radius 3 is 2.74 bits per heavy atom. The molecule has 1 amide bonds. The van der Waals surface area contributed by atoms with Crippen LogP contribution < -0.4 is 15.8 Å². The van der Waals surface area contributed by atoms with E-state index < -0.39 is 0 Å². The van der Waals surface area contributed by atoms with Crippen molar-refractivity contribution in [3.63, 3.8) is 0 Å². The highest BCUT2D eigenvalue weighted by molar-refractivity contribution is 5.88. The van der Waals surface area contributed by atoms with E-state index in [2.05, 4.69) is 42.8 Å². The van der Waals surface area contributed by atoms with Gasteiger partial charge in [0.05, 0.1) is 6.21 Å². The summed E-state index contributed by atoms with van der Waals surface area (Å²) < 4.78 is 7.98. The second-order valence-electron chi connectivity index (χ2n) is 6.94. The molecule has 3 N–H and O–H groups in total. The zero-order chi connectivity index (χ0) is 22.8. The topological polar surface area (TPSA) is 120 Å². The van der Waals surface area contributed by atoms with Crippen LogP contribution in [0.3, 0.4) is 0 Å². The van der Waals surface area contributed by atoms with Crippen LogP contribution in [-0.4, -0.2) is 66.4 Å². The molecule has 10 nitrogen and oxygen atoms in total. The lowest BCUT2D eigenvalue weighted by atomic mass is 10.2. The number of aromatic nitrogens is 3. The summed E-state index contributed by atoms with van der Waals surface area (Å²) in [4.78, 5) is 24.4. The second kappa shape index (κ2) is 11.5. The van der Waals surface area contributed by atoms with Gasteiger partial charge in [0.2, 0.25) is 12.3 Å². The number of anilines is 1.